The van der Waals surface area contributed by atoms with E-state index in [1.54, 1.807) is 6.20 Å². The molecule has 0 bridgehead atoms. The Hall–Kier alpha value is -0.880. The number of aromatic nitrogens is 2. The van der Waals surface area contributed by atoms with Gasteiger partial charge >= 0.3 is 0 Å². The van der Waals surface area contributed by atoms with Gasteiger partial charge in [-0.1, -0.05) is 26.2 Å². The fraction of sp³-hybridized carbons (Fsp3) is 0.692. The molecule has 5 nitrogen and oxygen atoms in total. The van der Waals surface area contributed by atoms with Crippen molar-refractivity contribution in [3.05, 3.63) is 21.0 Å². The number of anilines is 1. The van der Waals surface area contributed by atoms with Crippen LogP contribution in [0.3, 0.4) is 0 Å². The number of hydrogen-bond acceptors (Lipinski definition) is 4. The van der Waals surface area contributed by atoms with Gasteiger partial charge in [0.1, 0.15) is 4.47 Å². The summed E-state index contributed by atoms with van der Waals surface area (Å²) in [5.41, 5.74) is 0.489. The summed E-state index contributed by atoms with van der Waals surface area (Å²) in [7, 11) is 0. The highest BCUT2D eigenvalue weighted by Gasteiger charge is 2.10. The summed E-state index contributed by atoms with van der Waals surface area (Å²) < 4.78 is 1.72. The highest BCUT2D eigenvalue weighted by Crippen LogP contribution is 2.18. The minimum absolute atomic E-state index is 0.0977. The van der Waals surface area contributed by atoms with Crippen molar-refractivity contribution in [2.24, 2.45) is 0 Å². The Morgan fingerprint density at radius 3 is 2.89 bits per heavy atom. The van der Waals surface area contributed by atoms with Crippen LogP contribution in [0, 0.1) is 0 Å². The van der Waals surface area contributed by atoms with Gasteiger partial charge in [-0.15, -0.1) is 0 Å². The first-order chi connectivity index (χ1) is 9.10. The average molecular weight is 332 g/mol. The Morgan fingerprint density at radius 1 is 1.53 bits per heavy atom. The van der Waals surface area contributed by atoms with Crippen LogP contribution in [0.1, 0.15) is 39.5 Å². The highest BCUT2D eigenvalue weighted by atomic mass is 79.9. The molecule has 1 aromatic heterocycles. The number of aliphatic hydroxyl groups is 1. The fourth-order valence-corrected chi connectivity index (χ4v) is 2.28. The first kappa shape index (κ1) is 16.2. The molecular formula is C13H22BrN3O2. The van der Waals surface area contributed by atoms with Crippen LogP contribution in [0.15, 0.2) is 15.5 Å². The largest absolute Gasteiger partial charge is 0.394 e. The predicted molar refractivity (Wildman–Crippen MR) is 80.5 cm³/mol. The average Bonchev–Trinajstić information content (AvgIpc) is 2.39. The summed E-state index contributed by atoms with van der Waals surface area (Å²) >= 11 is 3.29. The zero-order chi connectivity index (χ0) is 14.3. The van der Waals surface area contributed by atoms with Crippen molar-refractivity contribution in [3.63, 3.8) is 0 Å². The molecule has 0 spiro atoms. The van der Waals surface area contributed by atoms with Crippen LogP contribution in [0.4, 0.5) is 5.69 Å². The molecule has 2 N–H and O–H groups in total. The molecule has 0 aliphatic heterocycles. The van der Waals surface area contributed by atoms with Gasteiger partial charge in [-0.2, -0.15) is 5.10 Å². The van der Waals surface area contributed by atoms with Gasteiger partial charge in [0.2, 0.25) is 0 Å². The molecule has 0 radical (unpaired) electrons. The second kappa shape index (κ2) is 8.32. The summed E-state index contributed by atoms with van der Waals surface area (Å²) in [5, 5.41) is 16.2. The second-order valence-electron chi connectivity index (χ2n) is 4.67. The molecule has 1 rings (SSSR count). The molecule has 0 saturated heterocycles. The summed E-state index contributed by atoms with van der Waals surface area (Å²) in [4.78, 5) is 11.9. The van der Waals surface area contributed by atoms with Gasteiger partial charge in [-0.25, -0.2) is 4.68 Å². The zero-order valence-electron chi connectivity index (χ0n) is 11.5. The van der Waals surface area contributed by atoms with Gasteiger partial charge < -0.3 is 10.4 Å². The maximum atomic E-state index is 11.9. The van der Waals surface area contributed by atoms with Gasteiger partial charge in [0.05, 0.1) is 25.0 Å². The van der Waals surface area contributed by atoms with E-state index in [4.69, 9.17) is 5.11 Å². The Balaban J connectivity index is 2.69. The molecule has 0 saturated carbocycles. The van der Waals surface area contributed by atoms with Gasteiger partial charge in [0, 0.05) is 6.04 Å². The standard InChI is InChI=1S/C13H22BrN3O2/c1-3-4-5-6-10(2)16-11-9-15-17(7-8-18)13(19)12(11)14/h9-10,16,18H,3-8H2,1-2H3. The lowest BCUT2D eigenvalue weighted by Gasteiger charge is -2.16. The Labute approximate surface area is 122 Å². The van der Waals surface area contributed by atoms with Crippen molar-refractivity contribution in [1.29, 1.82) is 0 Å². The molecule has 0 aliphatic rings. The third-order valence-corrected chi connectivity index (χ3v) is 3.71. The smallest absolute Gasteiger partial charge is 0.283 e. The number of aliphatic hydroxyl groups excluding tert-OH is 1. The quantitative estimate of drug-likeness (QED) is 0.718. The van der Waals surface area contributed by atoms with E-state index in [1.807, 2.05) is 0 Å². The van der Waals surface area contributed by atoms with Crippen LogP contribution in [0.5, 0.6) is 0 Å². The third kappa shape index (κ3) is 4.95. The molecular weight excluding hydrogens is 310 g/mol. The normalized spacial score (nSPS) is 12.4. The van der Waals surface area contributed by atoms with Crippen LogP contribution in [-0.4, -0.2) is 27.5 Å². The first-order valence-electron chi connectivity index (χ1n) is 6.73. The molecule has 0 aromatic carbocycles. The zero-order valence-corrected chi connectivity index (χ0v) is 13.1. The SMILES string of the molecule is CCCCCC(C)Nc1cnn(CCO)c(=O)c1Br. The molecule has 1 heterocycles. The van der Waals surface area contributed by atoms with E-state index < -0.39 is 0 Å². The van der Waals surface area contributed by atoms with Crippen molar-refractivity contribution in [2.45, 2.75) is 52.1 Å². The van der Waals surface area contributed by atoms with Crippen molar-refractivity contribution in [1.82, 2.24) is 9.78 Å². The van der Waals surface area contributed by atoms with Crippen LogP contribution in [0.25, 0.3) is 0 Å². The molecule has 6 heteroatoms. The maximum Gasteiger partial charge on any atom is 0.283 e. The summed E-state index contributed by atoms with van der Waals surface area (Å²) in [6, 6.07) is 0.303. The molecule has 19 heavy (non-hydrogen) atoms. The minimum atomic E-state index is -0.222. The topological polar surface area (TPSA) is 67.2 Å². The van der Waals surface area contributed by atoms with Crippen LogP contribution >= 0.6 is 15.9 Å². The van der Waals surface area contributed by atoms with Gasteiger partial charge in [-0.05, 0) is 29.3 Å². The molecule has 1 atom stereocenters. The molecule has 1 aromatic rings. The lowest BCUT2D eigenvalue weighted by atomic mass is 10.1. The number of halogens is 1. The molecule has 0 fully saturated rings. The number of nitrogens with one attached hydrogen (secondary N) is 1. The number of nitrogens with zero attached hydrogens (tertiary/aromatic N) is 2. The summed E-state index contributed by atoms with van der Waals surface area (Å²) in [5.74, 6) is 0. The molecule has 108 valence electrons. The minimum Gasteiger partial charge on any atom is -0.394 e. The lowest BCUT2D eigenvalue weighted by molar-refractivity contribution is 0.266. The fourth-order valence-electron chi connectivity index (χ4n) is 1.86. The monoisotopic (exact) mass is 331 g/mol. The van der Waals surface area contributed by atoms with Crippen LogP contribution in [-0.2, 0) is 6.54 Å². The first-order valence-corrected chi connectivity index (χ1v) is 7.52. The van der Waals surface area contributed by atoms with E-state index in [0.717, 1.165) is 6.42 Å². The third-order valence-electron chi connectivity index (χ3n) is 2.94. The summed E-state index contributed by atoms with van der Waals surface area (Å²) in [6.07, 6.45) is 6.30. The van der Waals surface area contributed by atoms with E-state index in [9.17, 15) is 4.79 Å². The summed E-state index contributed by atoms with van der Waals surface area (Å²) in [6.45, 7) is 4.39. The van der Waals surface area contributed by atoms with Crippen molar-refractivity contribution in [3.8, 4) is 0 Å². The number of rotatable bonds is 8. The Kier molecular flexibility index (Phi) is 7.09. The van der Waals surface area contributed by atoms with E-state index in [2.05, 4.69) is 40.2 Å². The van der Waals surface area contributed by atoms with E-state index in [-0.39, 0.29) is 18.7 Å². The van der Waals surface area contributed by atoms with Crippen LogP contribution in [0.2, 0.25) is 0 Å². The lowest BCUT2D eigenvalue weighted by Crippen LogP contribution is -2.27. The van der Waals surface area contributed by atoms with Crippen molar-refractivity contribution in [2.75, 3.05) is 11.9 Å². The Bertz CT molecular complexity index is 448. The van der Waals surface area contributed by atoms with Crippen molar-refractivity contribution < 1.29 is 5.11 Å². The molecule has 1 unspecified atom stereocenters. The van der Waals surface area contributed by atoms with E-state index in [1.165, 1.54) is 23.9 Å². The Morgan fingerprint density at radius 2 is 2.26 bits per heavy atom. The van der Waals surface area contributed by atoms with Crippen LogP contribution < -0.4 is 10.9 Å². The highest BCUT2D eigenvalue weighted by molar-refractivity contribution is 9.10. The molecule has 0 aliphatic carbocycles. The van der Waals surface area contributed by atoms with E-state index >= 15 is 0 Å². The second-order valence-corrected chi connectivity index (χ2v) is 5.46. The number of hydrogen-bond donors (Lipinski definition) is 2. The van der Waals surface area contributed by atoms with E-state index in [0.29, 0.717) is 16.2 Å². The number of unbranched alkanes of at least 4 members (excludes halogenated alkanes) is 2. The predicted octanol–water partition coefficient (Wildman–Crippen LogP) is 2.38. The molecule has 0 amide bonds. The van der Waals surface area contributed by atoms with Crippen molar-refractivity contribution >= 4 is 21.6 Å². The van der Waals surface area contributed by atoms with Gasteiger partial charge in [0.25, 0.3) is 5.56 Å². The van der Waals surface area contributed by atoms with Gasteiger partial charge in [0.15, 0.2) is 0 Å². The van der Waals surface area contributed by atoms with Gasteiger partial charge in [-0.3, -0.25) is 4.79 Å². The maximum absolute atomic E-state index is 11.9.